The predicted octanol–water partition coefficient (Wildman–Crippen LogP) is 1.67. The quantitative estimate of drug-likeness (QED) is 0.271. The monoisotopic (exact) mass is 276 g/mol. The van der Waals surface area contributed by atoms with Crippen LogP contribution in [-0.2, 0) is 6.54 Å². The van der Waals surface area contributed by atoms with Gasteiger partial charge in [0.2, 0.25) is 0 Å². The lowest BCUT2D eigenvalue weighted by Gasteiger charge is -2.12. The summed E-state index contributed by atoms with van der Waals surface area (Å²) in [5.74, 6) is 0.276. The SMILES string of the molecule is CCCCNC(=N)NC(=N)NCc1ccc(NC)cc1. The summed E-state index contributed by atoms with van der Waals surface area (Å²) < 4.78 is 0. The van der Waals surface area contributed by atoms with E-state index < -0.39 is 0 Å². The van der Waals surface area contributed by atoms with Gasteiger partial charge in [0.1, 0.15) is 0 Å². The van der Waals surface area contributed by atoms with E-state index in [0.29, 0.717) is 6.54 Å². The van der Waals surface area contributed by atoms with Crippen molar-refractivity contribution in [3.05, 3.63) is 29.8 Å². The Morgan fingerprint density at radius 2 is 1.70 bits per heavy atom. The number of unbranched alkanes of at least 4 members (excludes halogenated alkanes) is 1. The average Bonchev–Trinajstić information content (AvgIpc) is 2.46. The van der Waals surface area contributed by atoms with Crippen LogP contribution < -0.4 is 21.3 Å². The van der Waals surface area contributed by atoms with E-state index in [-0.39, 0.29) is 11.9 Å². The standard InChI is InChI=1S/C14H24N6/c1-3-4-9-18-13(15)20-14(16)19-10-11-5-7-12(17-2)8-6-11/h5-8,17H,3-4,9-10H2,1-2H3,(H5,15,16,18,19,20). The van der Waals surface area contributed by atoms with Gasteiger partial charge >= 0.3 is 0 Å². The zero-order valence-electron chi connectivity index (χ0n) is 12.1. The summed E-state index contributed by atoms with van der Waals surface area (Å²) in [5, 5.41) is 26.9. The molecule has 110 valence electrons. The average molecular weight is 276 g/mol. The van der Waals surface area contributed by atoms with Crippen LogP contribution in [0.15, 0.2) is 24.3 Å². The highest BCUT2D eigenvalue weighted by atomic mass is 15.2. The Morgan fingerprint density at radius 1 is 1.05 bits per heavy atom. The number of anilines is 1. The van der Waals surface area contributed by atoms with Gasteiger partial charge in [-0.2, -0.15) is 0 Å². The summed E-state index contributed by atoms with van der Waals surface area (Å²) in [6.07, 6.45) is 2.10. The van der Waals surface area contributed by atoms with Gasteiger partial charge in [0.15, 0.2) is 11.9 Å². The van der Waals surface area contributed by atoms with Gasteiger partial charge in [-0.15, -0.1) is 0 Å². The molecule has 0 amide bonds. The van der Waals surface area contributed by atoms with Gasteiger partial charge in [0.25, 0.3) is 0 Å². The molecule has 6 N–H and O–H groups in total. The van der Waals surface area contributed by atoms with Crippen molar-refractivity contribution in [2.45, 2.75) is 26.3 Å². The van der Waals surface area contributed by atoms with Gasteiger partial charge in [-0.25, -0.2) is 0 Å². The normalized spacial score (nSPS) is 9.70. The van der Waals surface area contributed by atoms with Gasteiger partial charge in [-0.05, 0) is 24.1 Å². The molecule has 20 heavy (non-hydrogen) atoms. The van der Waals surface area contributed by atoms with Crippen molar-refractivity contribution in [1.82, 2.24) is 16.0 Å². The zero-order chi connectivity index (χ0) is 14.8. The molecular weight excluding hydrogens is 252 g/mol. The molecule has 0 aliphatic heterocycles. The Kier molecular flexibility index (Phi) is 6.95. The fourth-order valence-corrected chi connectivity index (χ4v) is 1.58. The van der Waals surface area contributed by atoms with Crippen LogP contribution in [0.3, 0.4) is 0 Å². The first kappa shape index (κ1) is 15.8. The van der Waals surface area contributed by atoms with Gasteiger partial charge in [0.05, 0.1) is 0 Å². The van der Waals surface area contributed by atoms with Crippen LogP contribution >= 0.6 is 0 Å². The van der Waals surface area contributed by atoms with E-state index in [4.69, 9.17) is 10.8 Å². The molecule has 0 atom stereocenters. The number of nitrogens with one attached hydrogen (secondary N) is 6. The minimum atomic E-state index is 0.122. The van der Waals surface area contributed by atoms with Crippen LogP contribution in [-0.4, -0.2) is 25.5 Å². The van der Waals surface area contributed by atoms with Crippen LogP contribution in [0.2, 0.25) is 0 Å². The number of rotatable bonds is 6. The van der Waals surface area contributed by atoms with E-state index >= 15 is 0 Å². The molecule has 0 spiro atoms. The highest BCUT2D eigenvalue weighted by Crippen LogP contribution is 2.07. The minimum absolute atomic E-state index is 0.122. The van der Waals surface area contributed by atoms with Gasteiger partial charge in [-0.1, -0.05) is 25.5 Å². The summed E-state index contributed by atoms with van der Waals surface area (Å²) in [7, 11) is 1.88. The lowest BCUT2D eigenvalue weighted by molar-refractivity contribution is 0.741. The molecule has 0 aliphatic carbocycles. The molecule has 0 unspecified atom stereocenters. The molecular formula is C14H24N6. The first-order valence-electron chi connectivity index (χ1n) is 6.84. The first-order chi connectivity index (χ1) is 9.65. The highest BCUT2D eigenvalue weighted by Gasteiger charge is 2.00. The van der Waals surface area contributed by atoms with Gasteiger partial charge in [0, 0.05) is 25.8 Å². The molecule has 0 heterocycles. The van der Waals surface area contributed by atoms with Gasteiger partial charge < -0.3 is 16.0 Å². The maximum atomic E-state index is 7.71. The third-order valence-corrected chi connectivity index (χ3v) is 2.79. The summed E-state index contributed by atoms with van der Waals surface area (Å²) in [6, 6.07) is 7.97. The van der Waals surface area contributed by atoms with Crippen molar-refractivity contribution >= 4 is 17.6 Å². The molecule has 0 bridgehead atoms. The van der Waals surface area contributed by atoms with Gasteiger partial charge in [-0.3, -0.25) is 16.1 Å². The van der Waals surface area contributed by atoms with Crippen LogP contribution in [0, 0.1) is 10.8 Å². The zero-order valence-corrected chi connectivity index (χ0v) is 12.1. The number of hydrogen-bond acceptors (Lipinski definition) is 3. The topological polar surface area (TPSA) is 95.8 Å². The second-order valence-corrected chi connectivity index (χ2v) is 4.46. The Bertz CT molecular complexity index is 426. The lowest BCUT2D eigenvalue weighted by Crippen LogP contribution is -2.45. The van der Waals surface area contributed by atoms with E-state index in [1.54, 1.807) is 0 Å². The molecule has 0 aliphatic rings. The molecule has 0 fully saturated rings. The number of guanidine groups is 2. The van der Waals surface area contributed by atoms with E-state index in [0.717, 1.165) is 30.6 Å². The van der Waals surface area contributed by atoms with Crippen LogP contribution in [0.5, 0.6) is 0 Å². The molecule has 1 aromatic carbocycles. The second kappa shape index (κ2) is 8.79. The second-order valence-electron chi connectivity index (χ2n) is 4.46. The third kappa shape index (κ3) is 6.08. The highest BCUT2D eigenvalue weighted by molar-refractivity contribution is 5.95. The maximum Gasteiger partial charge on any atom is 0.195 e. The Morgan fingerprint density at radius 3 is 2.30 bits per heavy atom. The Hall–Kier alpha value is -2.24. The molecule has 0 saturated heterocycles. The van der Waals surface area contributed by atoms with E-state index in [9.17, 15) is 0 Å². The molecule has 6 heteroatoms. The van der Waals surface area contributed by atoms with Crippen LogP contribution in [0.4, 0.5) is 5.69 Å². The first-order valence-corrected chi connectivity index (χ1v) is 6.84. The van der Waals surface area contributed by atoms with Crippen molar-refractivity contribution < 1.29 is 0 Å². The van der Waals surface area contributed by atoms with Crippen molar-refractivity contribution in [2.24, 2.45) is 0 Å². The smallest absolute Gasteiger partial charge is 0.195 e. The molecule has 1 aromatic rings. The molecule has 0 saturated carbocycles. The van der Waals surface area contributed by atoms with Crippen molar-refractivity contribution in [2.75, 3.05) is 18.9 Å². The van der Waals surface area contributed by atoms with E-state index in [1.807, 2.05) is 31.3 Å². The summed E-state index contributed by atoms with van der Waals surface area (Å²) in [6.45, 7) is 3.40. The predicted molar refractivity (Wildman–Crippen MR) is 84.3 cm³/mol. The maximum absolute atomic E-state index is 7.71. The molecule has 0 radical (unpaired) electrons. The largest absolute Gasteiger partial charge is 0.388 e. The number of benzene rings is 1. The Labute approximate surface area is 120 Å². The summed E-state index contributed by atoms with van der Waals surface area (Å²) >= 11 is 0. The van der Waals surface area contributed by atoms with Crippen molar-refractivity contribution in [3.8, 4) is 0 Å². The Balaban J connectivity index is 2.26. The fraction of sp³-hybridized carbons (Fsp3) is 0.429. The van der Waals surface area contributed by atoms with Crippen LogP contribution in [0.25, 0.3) is 0 Å². The minimum Gasteiger partial charge on any atom is -0.388 e. The summed E-state index contributed by atoms with van der Waals surface area (Å²) in [5.41, 5.74) is 2.14. The number of hydrogen-bond donors (Lipinski definition) is 6. The lowest BCUT2D eigenvalue weighted by atomic mass is 10.2. The van der Waals surface area contributed by atoms with Crippen LogP contribution in [0.1, 0.15) is 25.3 Å². The van der Waals surface area contributed by atoms with Crippen molar-refractivity contribution in [1.29, 1.82) is 10.8 Å². The van der Waals surface area contributed by atoms with E-state index in [1.165, 1.54) is 0 Å². The summed E-state index contributed by atoms with van der Waals surface area (Å²) in [4.78, 5) is 0. The third-order valence-electron chi connectivity index (χ3n) is 2.79. The van der Waals surface area contributed by atoms with E-state index in [2.05, 4.69) is 28.2 Å². The molecule has 6 nitrogen and oxygen atoms in total. The van der Waals surface area contributed by atoms with Crippen molar-refractivity contribution in [3.63, 3.8) is 0 Å². The molecule has 1 rings (SSSR count). The fourth-order valence-electron chi connectivity index (χ4n) is 1.58. The molecule has 0 aromatic heterocycles.